The minimum atomic E-state index is -5.05. The van der Waals surface area contributed by atoms with Gasteiger partial charge in [-0.2, -0.15) is 17.5 Å². The van der Waals surface area contributed by atoms with Crippen LogP contribution in [-0.2, 0) is 16.2 Å². The van der Waals surface area contributed by atoms with Gasteiger partial charge in [-0.15, -0.1) is 12.4 Å². The molecule has 23 heavy (non-hydrogen) atoms. The Labute approximate surface area is 136 Å². The summed E-state index contributed by atoms with van der Waals surface area (Å²) in [6.45, 7) is 1.33. The van der Waals surface area contributed by atoms with Crippen LogP contribution >= 0.6 is 12.4 Å². The first kappa shape index (κ1) is 21.6. The zero-order valence-corrected chi connectivity index (χ0v) is 13.7. The van der Waals surface area contributed by atoms with E-state index in [-0.39, 0.29) is 25.0 Å². The largest absolute Gasteiger partial charge is 0.417 e. The Balaban J connectivity index is 0.00000484. The lowest BCUT2D eigenvalue weighted by molar-refractivity contribution is -0.385. The summed E-state index contributed by atoms with van der Waals surface area (Å²) in [7, 11) is -3.40. The predicted molar refractivity (Wildman–Crippen MR) is 78.8 cm³/mol. The van der Waals surface area contributed by atoms with Crippen molar-refractivity contribution in [2.75, 3.05) is 13.6 Å². The van der Waals surface area contributed by atoms with Crippen LogP contribution in [0.4, 0.5) is 18.9 Å². The highest BCUT2D eigenvalue weighted by Gasteiger charge is 2.40. The molecule has 0 aliphatic rings. The van der Waals surface area contributed by atoms with Gasteiger partial charge in [-0.3, -0.25) is 10.1 Å². The van der Waals surface area contributed by atoms with Crippen molar-refractivity contribution in [1.82, 2.24) is 4.31 Å². The van der Waals surface area contributed by atoms with E-state index in [0.29, 0.717) is 16.4 Å². The molecule has 1 rings (SSSR count). The summed E-state index contributed by atoms with van der Waals surface area (Å²) in [5.41, 5.74) is 2.89. The van der Waals surface area contributed by atoms with Crippen LogP contribution in [0.1, 0.15) is 12.5 Å². The fraction of sp³-hybridized carbons (Fsp3) is 0.455. The Hall–Kier alpha value is -1.43. The Morgan fingerprint density at radius 1 is 1.39 bits per heavy atom. The van der Waals surface area contributed by atoms with Crippen molar-refractivity contribution in [1.29, 1.82) is 0 Å². The molecule has 0 saturated carbocycles. The topological polar surface area (TPSA) is 107 Å². The SMILES string of the molecule is CC(CN)N(C)S(=O)(=O)c1ccc([N+](=O)[O-])cc1C(F)(F)F.Cl. The maximum atomic E-state index is 13.0. The van der Waals surface area contributed by atoms with Crippen LogP contribution < -0.4 is 5.73 Å². The van der Waals surface area contributed by atoms with Crippen molar-refractivity contribution in [3.63, 3.8) is 0 Å². The lowest BCUT2D eigenvalue weighted by Crippen LogP contribution is -2.40. The number of hydrogen-bond acceptors (Lipinski definition) is 5. The van der Waals surface area contributed by atoms with E-state index in [0.717, 1.165) is 7.05 Å². The van der Waals surface area contributed by atoms with Crippen LogP contribution in [0.3, 0.4) is 0 Å². The molecule has 7 nitrogen and oxygen atoms in total. The number of nitro benzene ring substituents is 1. The number of nitrogens with two attached hydrogens (primary N) is 1. The molecule has 12 heteroatoms. The zero-order chi connectivity index (χ0) is 17.3. The van der Waals surface area contributed by atoms with Crippen molar-refractivity contribution < 1.29 is 26.5 Å². The standard InChI is InChI=1S/C11H14F3N3O4S.ClH/c1-7(6-15)16(2)22(20,21)10-4-3-8(17(18)19)5-9(10)11(12,13)14;/h3-5,7H,6,15H2,1-2H3;1H. The van der Waals surface area contributed by atoms with Gasteiger partial charge < -0.3 is 5.73 Å². The minimum absolute atomic E-state index is 0. The highest BCUT2D eigenvalue weighted by Crippen LogP contribution is 2.37. The van der Waals surface area contributed by atoms with Gasteiger partial charge >= 0.3 is 6.18 Å². The van der Waals surface area contributed by atoms with Crippen LogP contribution in [0.2, 0.25) is 0 Å². The van der Waals surface area contributed by atoms with Gasteiger partial charge in [0.05, 0.1) is 15.4 Å². The first-order valence-electron chi connectivity index (χ1n) is 5.96. The van der Waals surface area contributed by atoms with E-state index in [9.17, 15) is 31.7 Å². The molecule has 1 aromatic rings. The summed E-state index contributed by atoms with van der Waals surface area (Å²) in [6, 6.07) is 0.758. The average Bonchev–Trinajstić information content (AvgIpc) is 2.43. The summed E-state index contributed by atoms with van der Waals surface area (Å²) in [5, 5.41) is 10.6. The third-order valence-electron chi connectivity index (χ3n) is 3.10. The molecule has 0 fully saturated rings. The summed E-state index contributed by atoms with van der Waals surface area (Å²) < 4.78 is 64.4. The van der Waals surface area contributed by atoms with Crippen molar-refractivity contribution in [3.05, 3.63) is 33.9 Å². The Morgan fingerprint density at radius 3 is 2.30 bits per heavy atom. The molecular formula is C11H15ClF3N3O4S. The second-order valence-corrected chi connectivity index (χ2v) is 6.51. The summed E-state index contributed by atoms with van der Waals surface area (Å²) in [4.78, 5) is 8.51. The number of rotatable bonds is 5. The zero-order valence-electron chi connectivity index (χ0n) is 12.1. The van der Waals surface area contributed by atoms with Crippen LogP contribution in [0, 0.1) is 10.1 Å². The summed E-state index contributed by atoms with van der Waals surface area (Å²) >= 11 is 0. The van der Waals surface area contributed by atoms with E-state index < -0.39 is 43.3 Å². The van der Waals surface area contributed by atoms with Crippen molar-refractivity contribution in [3.8, 4) is 0 Å². The molecule has 0 amide bonds. The molecule has 0 heterocycles. The third-order valence-corrected chi connectivity index (χ3v) is 5.13. The maximum absolute atomic E-state index is 13.0. The molecule has 0 bridgehead atoms. The average molecular weight is 378 g/mol. The number of non-ortho nitro benzene ring substituents is 1. The lowest BCUT2D eigenvalue weighted by Gasteiger charge is -2.24. The number of halogens is 4. The predicted octanol–water partition coefficient (Wildman–Crippen LogP) is 2.00. The Kier molecular flexibility index (Phi) is 6.96. The van der Waals surface area contributed by atoms with Crippen molar-refractivity contribution in [2.24, 2.45) is 5.73 Å². The number of nitro groups is 1. The fourth-order valence-electron chi connectivity index (χ4n) is 1.62. The Bertz CT molecular complexity index is 682. The van der Waals surface area contributed by atoms with E-state index in [4.69, 9.17) is 5.73 Å². The van der Waals surface area contributed by atoms with Crippen molar-refractivity contribution >= 4 is 28.1 Å². The van der Waals surface area contributed by atoms with E-state index in [1.54, 1.807) is 0 Å². The normalized spacial score (nSPS) is 13.5. The minimum Gasteiger partial charge on any atom is -0.329 e. The lowest BCUT2D eigenvalue weighted by atomic mass is 10.2. The fourth-order valence-corrected chi connectivity index (χ4v) is 3.18. The van der Waals surface area contributed by atoms with Gasteiger partial charge in [0, 0.05) is 31.8 Å². The van der Waals surface area contributed by atoms with Gasteiger partial charge in [0.15, 0.2) is 0 Å². The molecule has 0 radical (unpaired) electrons. The molecule has 0 aliphatic carbocycles. The first-order chi connectivity index (χ1) is 9.92. The summed E-state index contributed by atoms with van der Waals surface area (Å²) in [5.74, 6) is 0. The Morgan fingerprint density at radius 2 is 1.91 bits per heavy atom. The monoisotopic (exact) mass is 377 g/mol. The van der Waals surface area contributed by atoms with Crippen LogP contribution in [-0.4, -0.2) is 37.3 Å². The second kappa shape index (κ2) is 7.43. The number of hydrogen-bond donors (Lipinski definition) is 1. The third kappa shape index (κ3) is 4.53. The maximum Gasteiger partial charge on any atom is 0.417 e. The van der Waals surface area contributed by atoms with Gasteiger partial charge in [-0.05, 0) is 13.0 Å². The number of benzene rings is 1. The smallest absolute Gasteiger partial charge is 0.329 e. The molecule has 2 N–H and O–H groups in total. The van der Waals surface area contributed by atoms with E-state index in [1.807, 2.05) is 0 Å². The van der Waals surface area contributed by atoms with Crippen LogP contribution in [0.15, 0.2) is 23.1 Å². The number of sulfonamides is 1. The molecule has 0 aromatic heterocycles. The molecule has 1 unspecified atom stereocenters. The second-order valence-electron chi connectivity index (χ2n) is 4.54. The molecular weight excluding hydrogens is 363 g/mol. The van der Waals surface area contributed by atoms with Gasteiger partial charge in [-0.1, -0.05) is 0 Å². The van der Waals surface area contributed by atoms with Gasteiger partial charge in [0.2, 0.25) is 10.0 Å². The van der Waals surface area contributed by atoms with E-state index >= 15 is 0 Å². The number of alkyl halides is 3. The number of nitrogens with zero attached hydrogens (tertiary/aromatic N) is 2. The van der Waals surface area contributed by atoms with Gasteiger partial charge in [0.1, 0.15) is 0 Å². The van der Waals surface area contributed by atoms with E-state index in [2.05, 4.69) is 0 Å². The highest BCUT2D eigenvalue weighted by atomic mass is 35.5. The highest BCUT2D eigenvalue weighted by molar-refractivity contribution is 7.89. The summed E-state index contributed by atoms with van der Waals surface area (Å²) in [6.07, 6.45) is -5.05. The first-order valence-corrected chi connectivity index (χ1v) is 7.40. The van der Waals surface area contributed by atoms with Gasteiger partial charge in [-0.25, -0.2) is 8.42 Å². The molecule has 1 atom stereocenters. The van der Waals surface area contributed by atoms with E-state index in [1.165, 1.54) is 6.92 Å². The van der Waals surface area contributed by atoms with Gasteiger partial charge in [0.25, 0.3) is 5.69 Å². The van der Waals surface area contributed by atoms with Crippen LogP contribution in [0.25, 0.3) is 0 Å². The van der Waals surface area contributed by atoms with Crippen molar-refractivity contribution in [2.45, 2.75) is 24.0 Å². The molecule has 132 valence electrons. The molecule has 1 aromatic carbocycles. The quantitative estimate of drug-likeness (QED) is 0.624. The molecule has 0 aliphatic heterocycles. The molecule has 0 spiro atoms. The molecule has 0 saturated heterocycles. The van der Waals surface area contributed by atoms with Crippen LogP contribution in [0.5, 0.6) is 0 Å². The number of likely N-dealkylation sites (N-methyl/N-ethyl adjacent to an activating group) is 1.